The van der Waals surface area contributed by atoms with Crippen molar-refractivity contribution in [2.45, 2.75) is 6.42 Å². The highest BCUT2D eigenvalue weighted by Gasteiger charge is 2.19. The van der Waals surface area contributed by atoms with Gasteiger partial charge in [0.25, 0.3) is 5.91 Å². The molecule has 33 heavy (non-hydrogen) atoms. The zero-order chi connectivity index (χ0) is 23.0. The molecule has 0 saturated heterocycles. The van der Waals surface area contributed by atoms with E-state index in [9.17, 15) is 14.4 Å². The number of carbonyl (C=O) groups is 3. The van der Waals surface area contributed by atoms with Crippen LogP contribution in [0.4, 0.5) is 0 Å². The molecule has 0 aliphatic heterocycles. The second-order valence-corrected chi connectivity index (χ2v) is 6.86. The van der Waals surface area contributed by atoms with E-state index >= 15 is 0 Å². The Bertz CT molecular complexity index is 1180. The van der Waals surface area contributed by atoms with E-state index in [4.69, 9.17) is 4.42 Å². The molecule has 0 saturated carbocycles. The number of para-hydroxylation sites is 1. The molecule has 166 valence electrons. The van der Waals surface area contributed by atoms with Gasteiger partial charge in [-0.15, -0.1) is 5.10 Å². The van der Waals surface area contributed by atoms with Gasteiger partial charge < -0.3 is 9.73 Å². The molecule has 2 aromatic heterocycles. The number of nitrogens with zero attached hydrogens (tertiary/aromatic N) is 3. The Labute approximate surface area is 188 Å². The van der Waals surface area contributed by atoms with Gasteiger partial charge in [0.15, 0.2) is 11.6 Å². The van der Waals surface area contributed by atoms with Crippen LogP contribution in [0.15, 0.2) is 83.5 Å². The third kappa shape index (κ3) is 5.31. The Morgan fingerprint density at radius 1 is 0.848 bits per heavy atom. The monoisotopic (exact) mass is 444 g/mol. The van der Waals surface area contributed by atoms with Gasteiger partial charge in [0.2, 0.25) is 11.7 Å². The molecule has 2 aromatic carbocycles. The van der Waals surface area contributed by atoms with E-state index in [1.165, 1.54) is 12.3 Å². The first-order valence-electron chi connectivity index (χ1n) is 10.1. The standard InChI is InChI=1S/C23H20N6O4/c30-19(13-14-24-22(31)18-12-7-15-33-18)26-27-23(32)20-25-21(16-8-3-1-4-9-16)29(28-20)17-10-5-2-6-11-17/h1-12,15H,13-14H2,(H,24,31)(H,26,30)(H,27,32). The quantitative estimate of drug-likeness (QED) is 0.374. The van der Waals surface area contributed by atoms with E-state index in [1.807, 2.05) is 60.7 Å². The number of carbonyl (C=O) groups excluding carboxylic acids is 3. The minimum atomic E-state index is -0.671. The van der Waals surface area contributed by atoms with Crippen molar-refractivity contribution in [1.82, 2.24) is 30.9 Å². The zero-order valence-electron chi connectivity index (χ0n) is 17.4. The largest absolute Gasteiger partial charge is 0.459 e. The van der Waals surface area contributed by atoms with Crippen LogP contribution in [0.5, 0.6) is 0 Å². The second-order valence-electron chi connectivity index (χ2n) is 6.86. The predicted molar refractivity (Wildman–Crippen MR) is 118 cm³/mol. The first-order valence-corrected chi connectivity index (χ1v) is 10.1. The van der Waals surface area contributed by atoms with Gasteiger partial charge in [-0.25, -0.2) is 9.67 Å². The van der Waals surface area contributed by atoms with Crippen molar-refractivity contribution in [2.24, 2.45) is 0 Å². The van der Waals surface area contributed by atoms with Crippen LogP contribution in [0.25, 0.3) is 17.1 Å². The normalized spacial score (nSPS) is 10.4. The van der Waals surface area contributed by atoms with Crippen molar-refractivity contribution in [3.63, 3.8) is 0 Å². The maximum Gasteiger partial charge on any atom is 0.309 e. The lowest BCUT2D eigenvalue weighted by molar-refractivity contribution is -0.121. The summed E-state index contributed by atoms with van der Waals surface area (Å²) in [6.07, 6.45) is 1.33. The molecule has 4 rings (SSSR count). The van der Waals surface area contributed by atoms with Gasteiger partial charge in [0.05, 0.1) is 12.0 Å². The summed E-state index contributed by atoms with van der Waals surface area (Å²) in [7, 11) is 0. The fraction of sp³-hybridized carbons (Fsp3) is 0.0870. The van der Waals surface area contributed by atoms with E-state index in [0.29, 0.717) is 5.82 Å². The van der Waals surface area contributed by atoms with Crippen LogP contribution in [0, 0.1) is 0 Å². The summed E-state index contributed by atoms with van der Waals surface area (Å²) in [5.41, 5.74) is 6.11. The molecule has 0 unspecified atom stereocenters. The zero-order valence-corrected chi connectivity index (χ0v) is 17.4. The Balaban J connectivity index is 1.38. The van der Waals surface area contributed by atoms with Crippen molar-refractivity contribution >= 4 is 17.7 Å². The molecule has 4 aromatic rings. The fourth-order valence-electron chi connectivity index (χ4n) is 2.96. The summed E-state index contributed by atoms with van der Waals surface area (Å²) < 4.78 is 6.54. The van der Waals surface area contributed by atoms with E-state index in [1.54, 1.807) is 10.7 Å². The van der Waals surface area contributed by atoms with Gasteiger partial charge in [0, 0.05) is 18.5 Å². The number of amides is 3. The summed E-state index contributed by atoms with van der Waals surface area (Å²) in [4.78, 5) is 40.7. The molecule has 0 aliphatic carbocycles. The van der Waals surface area contributed by atoms with Gasteiger partial charge >= 0.3 is 5.91 Å². The Morgan fingerprint density at radius 2 is 1.58 bits per heavy atom. The van der Waals surface area contributed by atoms with Crippen LogP contribution >= 0.6 is 0 Å². The molecule has 0 fully saturated rings. The van der Waals surface area contributed by atoms with Crippen molar-refractivity contribution in [3.05, 3.63) is 90.6 Å². The van der Waals surface area contributed by atoms with Crippen LogP contribution in [-0.2, 0) is 4.79 Å². The maximum absolute atomic E-state index is 12.6. The Kier molecular flexibility index (Phi) is 6.55. The van der Waals surface area contributed by atoms with Crippen LogP contribution < -0.4 is 16.2 Å². The Hall–Kier alpha value is -4.73. The van der Waals surface area contributed by atoms with Crippen molar-refractivity contribution in [2.75, 3.05) is 6.54 Å². The molecule has 2 heterocycles. The number of aromatic nitrogens is 3. The molecule has 10 heteroatoms. The molecule has 0 spiro atoms. The SMILES string of the molecule is O=C(CCNC(=O)c1ccco1)NNC(=O)c1nc(-c2ccccc2)n(-c2ccccc2)n1. The van der Waals surface area contributed by atoms with Gasteiger partial charge in [-0.3, -0.25) is 25.2 Å². The van der Waals surface area contributed by atoms with Crippen molar-refractivity contribution < 1.29 is 18.8 Å². The number of hydrogen-bond acceptors (Lipinski definition) is 6. The smallest absolute Gasteiger partial charge is 0.309 e. The van der Waals surface area contributed by atoms with Gasteiger partial charge in [0.1, 0.15) is 0 Å². The molecule has 0 aliphatic rings. The molecule has 3 amide bonds. The molecule has 0 bridgehead atoms. The number of furan rings is 1. The summed E-state index contributed by atoms with van der Waals surface area (Å²) >= 11 is 0. The number of rotatable bonds is 7. The molecule has 0 radical (unpaired) electrons. The number of hydrazine groups is 1. The summed E-state index contributed by atoms with van der Waals surface area (Å²) in [6.45, 7) is 0.0697. The lowest BCUT2D eigenvalue weighted by Crippen LogP contribution is -2.43. The van der Waals surface area contributed by atoms with Gasteiger partial charge in [-0.2, -0.15) is 0 Å². The molecular formula is C23H20N6O4. The minimum Gasteiger partial charge on any atom is -0.459 e. The lowest BCUT2D eigenvalue weighted by Gasteiger charge is -2.06. The van der Waals surface area contributed by atoms with Gasteiger partial charge in [-0.1, -0.05) is 48.5 Å². The highest BCUT2D eigenvalue weighted by atomic mass is 16.3. The van der Waals surface area contributed by atoms with Crippen LogP contribution in [-0.4, -0.2) is 39.0 Å². The van der Waals surface area contributed by atoms with E-state index in [2.05, 4.69) is 26.3 Å². The van der Waals surface area contributed by atoms with Gasteiger partial charge in [-0.05, 0) is 24.3 Å². The molecule has 3 N–H and O–H groups in total. The first kappa shape index (κ1) is 21.5. The number of nitrogens with one attached hydrogen (secondary N) is 3. The van der Waals surface area contributed by atoms with Crippen LogP contribution in [0.3, 0.4) is 0 Å². The van der Waals surface area contributed by atoms with E-state index in [0.717, 1.165) is 11.3 Å². The molecule has 0 atom stereocenters. The van der Waals surface area contributed by atoms with E-state index < -0.39 is 17.7 Å². The maximum atomic E-state index is 12.6. The Morgan fingerprint density at radius 3 is 2.27 bits per heavy atom. The van der Waals surface area contributed by atoms with Crippen molar-refractivity contribution in [3.8, 4) is 17.1 Å². The highest BCUT2D eigenvalue weighted by molar-refractivity contribution is 5.93. The lowest BCUT2D eigenvalue weighted by atomic mass is 10.2. The highest BCUT2D eigenvalue weighted by Crippen LogP contribution is 2.20. The first-order chi connectivity index (χ1) is 16.1. The topological polar surface area (TPSA) is 131 Å². The van der Waals surface area contributed by atoms with Crippen LogP contribution in [0.1, 0.15) is 27.6 Å². The number of benzene rings is 2. The second kappa shape index (κ2) is 10.1. The molecular weight excluding hydrogens is 424 g/mol. The van der Waals surface area contributed by atoms with Crippen molar-refractivity contribution in [1.29, 1.82) is 0 Å². The summed E-state index contributed by atoms with van der Waals surface area (Å²) in [5, 5.41) is 6.87. The molecule has 10 nitrogen and oxygen atoms in total. The average Bonchev–Trinajstić information content (AvgIpc) is 3.54. The predicted octanol–water partition coefficient (Wildman–Crippen LogP) is 2.11. The van der Waals surface area contributed by atoms with Crippen LogP contribution in [0.2, 0.25) is 0 Å². The summed E-state index contributed by atoms with van der Waals surface area (Å²) in [5.74, 6) is -1.06. The average molecular weight is 444 g/mol. The van der Waals surface area contributed by atoms with E-state index in [-0.39, 0.29) is 24.6 Å². The fourth-order valence-corrected chi connectivity index (χ4v) is 2.96. The minimum absolute atomic E-state index is 0.0477. The third-order valence-corrected chi connectivity index (χ3v) is 4.54. The number of hydrogen-bond donors (Lipinski definition) is 3. The third-order valence-electron chi connectivity index (χ3n) is 4.54. The summed E-state index contributed by atoms with van der Waals surface area (Å²) in [6, 6.07) is 21.7.